The lowest BCUT2D eigenvalue weighted by Crippen LogP contribution is -2.21. The van der Waals surface area contributed by atoms with Gasteiger partial charge >= 0.3 is 0 Å². The Morgan fingerprint density at radius 1 is 0.879 bits per heavy atom. The molecule has 0 atom stereocenters. The van der Waals surface area contributed by atoms with Crippen LogP contribution < -0.4 is 5.32 Å². The second kappa shape index (κ2) is 10.2. The van der Waals surface area contributed by atoms with Crippen LogP contribution in [0.25, 0.3) is 22.6 Å². The molecule has 0 aliphatic rings. The zero-order valence-electron chi connectivity index (χ0n) is 18.3. The predicted molar refractivity (Wildman–Crippen MR) is 131 cm³/mol. The number of oxazole rings is 1. The number of aromatic nitrogens is 1. The van der Waals surface area contributed by atoms with Crippen molar-refractivity contribution in [1.29, 1.82) is 0 Å². The molecule has 4 aromatic rings. The number of carbonyl (C=O) groups excluding carboxylic acids is 2. The molecule has 1 heterocycles. The predicted octanol–water partition coefficient (Wildman–Crippen LogP) is 5.44. The lowest BCUT2D eigenvalue weighted by molar-refractivity contribution is -0.113. The molecule has 4 rings (SSSR count). The molecule has 0 aliphatic heterocycles. The zero-order valence-corrected chi connectivity index (χ0v) is 19.1. The van der Waals surface area contributed by atoms with E-state index in [1.54, 1.807) is 38.4 Å². The quantitative estimate of drug-likeness (QED) is 0.374. The van der Waals surface area contributed by atoms with Gasteiger partial charge < -0.3 is 14.6 Å². The fourth-order valence-corrected chi connectivity index (χ4v) is 3.84. The minimum atomic E-state index is -0.188. The van der Waals surface area contributed by atoms with E-state index in [0.29, 0.717) is 22.2 Å². The van der Waals surface area contributed by atoms with Gasteiger partial charge in [0.2, 0.25) is 5.91 Å². The molecule has 33 heavy (non-hydrogen) atoms. The number of nitrogens with one attached hydrogen (secondary N) is 1. The summed E-state index contributed by atoms with van der Waals surface area (Å²) in [4.78, 5) is 30.6. The highest BCUT2D eigenvalue weighted by Gasteiger charge is 2.18. The highest BCUT2D eigenvalue weighted by molar-refractivity contribution is 7.99. The number of hydrogen-bond acceptors (Lipinski definition) is 5. The number of benzene rings is 3. The third-order valence-corrected chi connectivity index (χ3v) is 5.67. The Morgan fingerprint density at radius 3 is 2.09 bits per heavy atom. The first-order chi connectivity index (χ1) is 16.0. The van der Waals surface area contributed by atoms with Crippen molar-refractivity contribution in [2.75, 3.05) is 25.2 Å². The summed E-state index contributed by atoms with van der Waals surface area (Å²) in [6, 6.07) is 26.4. The summed E-state index contributed by atoms with van der Waals surface area (Å²) in [6.07, 6.45) is 0. The molecule has 0 saturated carbocycles. The third kappa shape index (κ3) is 5.51. The number of hydrogen-bond donors (Lipinski definition) is 1. The Labute approximate surface area is 196 Å². The molecule has 2 amide bonds. The smallest absolute Gasteiger partial charge is 0.257 e. The van der Waals surface area contributed by atoms with Gasteiger partial charge in [-0.25, -0.2) is 4.98 Å². The van der Waals surface area contributed by atoms with E-state index in [1.807, 2.05) is 60.7 Å². The molecule has 1 aromatic heterocycles. The molecule has 1 N–H and O–H groups in total. The highest BCUT2D eigenvalue weighted by atomic mass is 32.2. The molecule has 0 fully saturated rings. The van der Waals surface area contributed by atoms with Crippen LogP contribution in [-0.2, 0) is 4.79 Å². The first-order valence-corrected chi connectivity index (χ1v) is 11.4. The molecular formula is C26H23N3O3S. The van der Waals surface area contributed by atoms with Crippen molar-refractivity contribution in [2.45, 2.75) is 5.22 Å². The molecule has 0 spiro atoms. The van der Waals surface area contributed by atoms with Crippen LogP contribution in [-0.4, -0.2) is 41.5 Å². The second-order valence-electron chi connectivity index (χ2n) is 7.50. The van der Waals surface area contributed by atoms with Crippen LogP contribution >= 0.6 is 11.8 Å². The van der Waals surface area contributed by atoms with Gasteiger partial charge in [-0.1, -0.05) is 72.4 Å². The third-order valence-electron chi connectivity index (χ3n) is 4.84. The zero-order chi connectivity index (χ0) is 23.2. The van der Waals surface area contributed by atoms with Gasteiger partial charge in [-0.3, -0.25) is 9.59 Å². The molecular weight excluding hydrogens is 434 g/mol. The van der Waals surface area contributed by atoms with E-state index in [-0.39, 0.29) is 17.6 Å². The van der Waals surface area contributed by atoms with Gasteiger partial charge in [0.1, 0.15) is 5.69 Å². The fraction of sp³-hybridized carbons (Fsp3) is 0.115. The van der Waals surface area contributed by atoms with Crippen LogP contribution in [0.3, 0.4) is 0 Å². The number of amides is 2. The Morgan fingerprint density at radius 2 is 1.48 bits per heavy atom. The maximum Gasteiger partial charge on any atom is 0.257 e. The molecule has 0 bridgehead atoms. The van der Waals surface area contributed by atoms with Crippen molar-refractivity contribution >= 4 is 29.3 Å². The summed E-state index contributed by atoms with van der Waals surface area (Å²) in [5.74, 6) is 0.537. The van der Waals surface area contributed by atoms with Crippen molar-refractivity contribution < 1.29 is 14.0 Å². The van der Waals surface area contributed by atoms with E-state index in [9.17, 15) is 9.59 Å². The molecule has 6 nitrogen and oxygen atoms in total. The normalized spacial score (nSPS) is 10.6. The topological polar surface area (TPSA) is 75.4 Å². The lowest BCUT2D eigenvalue weighted by Gasteiger charge is -2.10. The Balaban J connectivity index is 1.45. The van der Waals surface area contributed by atoms with Crippen molar-refractivity contribution in [3.8, 4) is 22.6 Å². The van der Waals surface area contributed by atoms with Crippen LogP contribution in [0.2, 0.25) is 0 Å². The summed E-state index contributed by atoms with van der Waals surface area (Å²) in [6.45, 7) is 0. The van der Waals surface area contributed by atoms with Crippen molar-refractivity contribution in [2.24, 2.45) is 0 Å². The lowest BCUT2D eigenvalue weighted by atomic mass is 10.1. The minimum Gasteiger partial charge on any atom is -0.431 e. The maximum atomic E-state index is 12.5. The average molecular weight is 458 g/mol. The Kier molecular flexibility index (Phi) is 6.90. The summed E-state index contributed by atoms with van der Waals surface area (Å²) in [5.41, 5.74) is 3.80. The van der Waals surface area contributed by atoms with E-state index in [2.05, 4.69) is 10.3 Å². The first kappa shape index (κ1) is 22.4. The van der Waals surface area contributed by atoms with E-state index < -0.39 is 0 Å². The van der Waals surface area contributed by atoms with E-state index >= 15 is 0 Å². The van der Waals surface area contributed by atoms with Crippen molar-refractivity contribution in [3.63, 3.8) is 0 Å². The standard InChI is InChI=1S/C26H23N3O3S/c1-29(2)25(31)20-13-15-21(16-14-20)27-22(30)17-33-26-28-23(18-9-5-3-6-10-18)24(32-26)19-11-7-4-8-12-19/h3-16H,17H2,1-2H3,(H,27,30). The van der Waals surface area contributed by atoms with E-state index in [0.717, 1.165) is 16.8 Å². The van der Waals surface area contributed by atoms with E-state index in [1.165, 1.54) is 16.7 Å². The molecule has 166 valence electrons. The molecule has 0 aliphatic carbocycles. The SMILES string of the molecule is CN(C)C(=O)c1ccc(NC(=O)CSc2nc(-c3ccccc3)c(-c3ccccc3)o2)cc1. The van der Waals surface area contributed by atoms with Gasteiger partial charge in [0.15, 0.2) is 5.76 Å². The van der Waals surface area contributed by atoms with Gasteiger partial charge in [-0.15, -0.1) is 0 Å². The first-order valence-electron chi connectivity index (χ1n) is 10.4. The molecule has 0 unspecified atom stereocenters. The number of carbonyl (C=O) groups is 2. The van der Waals surface area contributed by atoms with Crippen LogP contribution in [0.15, 0.2) is 94.6 Å². The maximum absolute atomic E-state index is 12.5. The summed E-state index contributed by atoms with van der Waals surface area (Å²) >= 11 is 1.23. The Hall–Kier alpha value is -3.84. The molecule has 0 radical (unpaired) electrons. The molecule has 3 aromatic carbocycles. The van der Waals surface area contributed by atoms with Gasteiger partial charge in [0, 0.05) is 36.5 Å². The monoisotopic (exact) mass is 457 g/mol. The number of nitrogens with zero attached hydrogens (tertiary/aromatic N) is 2. The van der Waals surface area contributed by atoms with Gasteiger partial charge in [-0.2, -0.15) is 0 Å². The minimum absolute atomic E-state index is 0.0873. The second-order valence-corrected chi connectivity index (χ2v) is 8.43. The number of thioether (sulfide) groups is 1. The van der Waals surface area contributed by atoms with Gasteiger partial charge in [0.25, 0.3) is 11.1 Å². The van der Waals surface area contributed by atoms with Crippen LogP contribution in [0.4, 0.5) is 5.69 Å². The van der Waals surface area contributed by atoms with Crippen LogP contribution in [0.5, 0.6) is 0 Å². The van der Waals surface area contributed by atoms with Gasteiger partial charge in [-0.05, 0) is 24.3 Å². The van der Waals surface area contributed by atoms with Crippen molar-refractivity contribution in [3.05, 3.63) is 90.5 Å². The van der Waals surface area contributed by atoms with Gasteiger partial charge in [0.05, 0.1) is 5.75 Å². The molecule has 7 heteroatoms. The molecule has 0 saturated heterocycles. The fourth-order valence-electron chi connectivity index (χ4n) is 3.22. The number of anilines is 1. The Bertz CT molecular complexity index is 1180. The largest absolute Gasteiger partial charge is 0.431 e. The summed E-state index contributed by atoms with van der Waals surface area (Å²) in [7, 11) is 3.40. The van der Waals surface area contributed by atoms with Crippen molar-refractivity contribution in [1.82, 2.24) is 9.88 Å². The number of rotatable bonds is 7. The van der Waals surface area contributed by atoms with Crippen LogP contribution in [0.1, 0.15) is 10.4 Å². The highest BCUT2D eigenvalue weighted by Crippen LogP contribution is 2.35. The summed E-state index contributed by atoms with van der Waals surface area (Å²) in [5, 5.41) is 3.26. The van der Waals surface area contributed by atoms with E-state index in [4.69, 9.17) is 4.42 Å². The summed E-state index contributed by atoms with van der Waals surface area (Å²) < 4.78 is 6.05. The van der Waals surface area contributed by atoms with Crippen LogP contribution in [0, 0.1) is 0 Å². The average Bonchev–Trinajstić information content (AvgIpc) is 3.28.